The number of aryl methyl sites for hydroxylation is 1. The van der Waals surface area contributed by atoms with Crippen LogP contribution in [0.1, 0.15) is 37.6 Å². The number of amides is 1. The fourth-order valence-corrected chi connectivity index (χ4v) is 3.09. The van der Waals surface area contributed by atoms with Crippen molar-refractivity contribution in [1.29, 1.82) is 0 Å². The third-order valence-electron chi connectivity index (χ3n) is 3.55. The first-order valence-corrected chi connectivity index (χ1v) is 7.89. The Morgan fingerprint density at radius 2 is 2.19 bits per heavy atom. The summed E-state index contributed by atoms with van der Waals surface area (Å²) in [7, 11) is 0. The van der Waals surface area contributed by atoms with Crippen LogP contribution in [-0.4, -0.2) is 21.3 Å². The molecule has 2 aromatic rings. The highest BCUT2D eigenvalue weighted by Crippen LogP contribution is 2.24. The van der Waals surface area contributed by atoms with Crippen molar-refractivity contribution in [3.8, 4) is 0 Å². The molecule has 1 aromatic carbocycles. The van der Waals surface area contributed by atoms with E-state index in [9.17, 15) is 4.79 Å². The van der Waals surface area contributed by atoms with Gasteiger partial charge in [-0.25, -0.2) is 4.98 Å². The summed E-state index contributed by atoms with van der Waals surface area (Å²) in [5.41, 5.74) is 2.09. The first-order valence-electron chi connectivity index (χ1n) is 7.12. The molecule has 1 unspecified atom stereocenters. The lowest BCUT2D eigenvalue weighted by Crippen LogP contribution is -2.33. The molecule has 0 fully saturated rings. The van der Waals surface area contributed by atoms with Gasteiger partial charge in [0.1, 0.15) is 11.9 Å². The Kier molecular flexibility index (Phi) is 3.88. The Bertz CT molecular complexity index is 653. The molecule has 110 valence electrons. The topological polar surface area (TPSA) is 66.9 Å². The van der Waals surface area contributed by atoms with Gasteiger partial charge in [-0.1, -0.05) is 32.0 Å². The smallest absolute Gasteiger partial charge is 0.246 e. The van der Waals surface area contributed by atoms with Crippen LogP contribution in [0.3, 0.4) is 0 Å². The minimum atomic E-state index is -0.273. The molecule has 0 spiro atoms. The standard InChI is InChI=1S/C15H18N4OS/c1-9(2)13-18-15(21-19-13)17-12-8-7-10-5-3-4-6-11(10)16-14(12)20/h3-6,9,12H,7-8H2,1-2H3,(H,16,20)(H,17,18,19). The molecule has 0 saturated carbocycles. The maximum absolute atomic E-state index is 12.3. The largest absolute Gasteiger partial charge is 0.348 e. The Balaban J connectivity index is 1.73. The second-order valence-electron chi connectivity index (χ2n) is 5.49. The third kappa shape index (κ3) is 3.05. The third-order valence-corrected chi connectivity index (χ3v) is 4.21. The summed E-state index contributed by atoms with van der Waals surface area (Å²) in [6.45, 7) is 4.11. The predicted molar refractivity (Wildman–Crippen MR) is 84.8 cm³/mol. The van der Waals surface area contributed by atoms with E-state index in [-0.39, 0.29) is 11.9 Å². The molecule has 5 nitrogen and oxygen atoms in total. The Labute approximate surface area is 128 Å². The zero-order valence-electron chi connectivity index (χ0n) is 12.1. The Hall–Kier alpha value is -1.95. The second kappa shape index (κ2) is 5.81. The zero-order valence-corrected chi connectivity index (χ0v) is 12.9. The lowest BCUT2D eigenvalue weighted by Gasteiger charge is -2.13. The van der Waals surface area contributed by atoms with Crippen molar-refractivity contribution in [2.45, 2.75) is 38.6 Å². The van der Waals surface area contributed by atoms with Crippen molar-refractivity contribution < 1.29 is 4.79 Å². The lowest BCUT2D eigenvalue weighted by molar-refractivity contribution is -0.116. The molecule has 3 rings (SSSR count). The van der Waals surface area contributed by atoms with Crippen LogP contribution in [0.15, 0.2) is 24.3 Å². The molecule has 0 radical (unpaired) electrons. The molecule has 1 atom stereocenters. The van der Waals surface area contributed by atoms with Crippen LogP contribution >= 0.6 is 11.5 Å². The van der Waals surface area contributed by atoms with Crippen LogP contribution in [0.4, 0.5) is 10.8 Å². The van der Waals surface area contributed by atoms with Crippen LogP contribution in [-0.2, 0) is 11.2 Å². The molecule has 1 aromatic heterocycles. The number of nitrogens with zero attached hydrogens (tertiary/aromatic N) is 2. The molecule has 1 aliphatic rings. The van der Waals surface area contributed by atoms with Gasteiger partial charge in [0.15, 0.2) is 0 Å². The fourth-order valence-electron chi connectivity index (χ4n) is 2.33. The van der Waals surface area contributed by atoms with Gasteiger partial charge in [-0.3, -0.25) is 4.79 Å². The molecule has 6 heteroatoms. The number of carbonyl (C=O) groups is 1. The number of fused-ring (bicyclic) bond motifs is 1. The van der Waals surface area contributed by atoms with E-state index in [2.05, 4.69) is 39.9 Å². The molecule has 2 N–H and O–H groups in total. The Morgan fingerprint density at radius 1 is 1.38 bits per heavy atom. The van der Waals surface area contributed by atoms with Gasteiger partial charge in [-0.05, 0) is 24.5 Å². The van der Waals surface area contributed by atoms with Gasteiger partial charge < -0.3 is 10.6 Å². The highest BCUT2D eigenvalue weighted by molar-refractivity contribution is 7.09. The highest BCUT2D eigenvalue weighted by Gasteiger charge is 2.24. The molecule has 21 heavy (non-hydrogen) atoms. The fraction of sp³-hybridized carbons (Fsp3) is 0.400. The van der Waals surface area contributed by atoms with E-state index < -0.39 is 0 Å². The minimum Gasteiger partial charge on any atom is -0.348 e. The van der Waals surface area contributed by atoms with E-state index in [0.29, 0.717) is 11.0 Å². The van der Waals surface area contributed by atoms with Gasteiger partial charge in [0.2, 0.25) is 11.0 Å². The van der Waals surface area contributed by atoms with Gasteiger partial charge in [-0.2, -0.15) is 4.37 Å². The van der Waals surface area contributed by atoms with E-state index in [1.807, 2.05) is 18.2 Å². The van der Waals surface area contributed by atoms with Gasteiger partial charge in [0.25, 0.3) is 0 Å². The number of carbonyl (C=O) groups excluding carboxylic acids is 1. The summed E-state index contributed by atoms with van der Waals surface area (Å²) in [6, 6.07) is 7.66. The van der Waals surface area contributed by atoms with E-state index >= 15 is 0 Å². The number of para-hydroxylation sites is 1. The summed E-state index contributed by atoms with van der Waals surface area (Å²) in [5.74, 6) is 1.10. The lowest BCUT2D eigenvalue weighted by atomic mass is 10.1. The van der Waals surface area contributed by atoms with Crippen LogP contribution in [0.25, 0.3) is 0 Å². The van der Waals surface area contributed by atoms with Gasteiger partial charge in [-0.15, -0.1) is 0 Å². The summed E-state index contributed by atoms with van der Waals surface area (Å²) in [5, 5.41) is 6.90. The van der Waals surface area contributed by atoms with E-state index in [4.69, 9.17) is 0 Å². The summed E-state index contributed by atoms with van der Waals surface area (Å²) in [4.78, 5) is 16.7. The van der Waals surface area contributed by atoms with Gasteiger partial charge >= 0.3 is 0 Å². The summed E-state index contributed by atoms with van der Waals surface area (Å²) >= 11 is 1.31. The molecule has 0 aliphatic carbocycles. The molecular formula is C15H18N4OS. The number of aromatic nitrogens is 2. The summed E-state index contributed by atoms with van der Waals surface area (Å²) in [6.07, 6.45) is 1.61. The van der Waals surface area contributed by atoms with Crippen molar-refractivity contribution in [3.05, 3.63) is 35.7 Å². The number of rotatable bonds is 3. The average molecular weight is 302 g/mol. The second-order valence-corrected chi connectivity index (χ2v) is 6.25. The van der Waals surface area contributed by atoms with Crippen LogP contribution in [0.5, 0.6) is 0 Å². The van der Waals surface area contributed by atoms with Crippen molar-refractivity contribution in [2.24, 2.45) is 0 Å². The maximum atomic E-state index is 12.3. The van der Waals surface area contributed by atoms with Crippen LogP contribution in [0.2, 0.25) is 0 Å². The number of anilines is 2. The van der Waals surface area contributed by atoms with Crippen molar-refractivity contribution in [2.75, 3.05) is 10.6 Å². The Morgan fingerprint density at radius 3 is 2.95 bits per heavy atom. The predicted octanol–water partition coefficient (Wildman–Crippen LogP) is 3.03. The molecule has 2 heterocycles. The molecule has 0 bridgehead atoms. The quantitative estimate of drug-likeness (QED) is 0.914. The zero-order chi connectivity index (χ0) is 14.8. The SMILES string of the molecule is CC(C)c1nsc(NC2CCc3ccccc3NC2=O)n1. The number of nitrogens with one attached hydrogen (secondary N) is 2. The number of hydrogen-bond acceptors (Lipinski definition) is 5. The van der Waals surface area contributed by atoms with Crippen molar-refractivity contribution >= 4 is 28.3 Å². The number of benzene rings is 1. The van der Waals surface area contributed by atoms with Gasteiger partial charge in [0, 0.05) is 23.1 Å². The minimum absolute atomic E-state index is 0.0127. The van der Waals surface area contributed by atoms with E-state index in [0.717, 1.165) is 24.4 Å². The molecular weight excluding hydrogens is 284 g/mol. The van der Waals surface area contributed by atoms with Crippen LogP contribution in [0, 0.1) is 0 Å². The first kappa shape index (κ1) is 14.0. The summed E-state index contributed by atoms with van der Waals surface area (Å²) < 4.78 is 4.31. The molecule has 0 saturated heterocycles. The van der Waals surface area contributed by atoms with Crippen LogP contribution < -0.4 is 10.6 Å². The molecule has 1 aliphatic heterocycles. The monoisotopic (exact) mass is 302 g/mol. The molecule has 1 amide bonds. The maximum Gasteiger partial charge on any atom is 0.246 e. The van der Waals surface area contributed by atoms with Crippen molar-refractivity contribution in [1.82, 2.24) is 9.36 Å². The van der Waals surface area contributed by atoms with E-state index in [1.54, 1.807) is 0 Å². The average Bonchev–Trinajstić information content (AvgIpc) is 2.87. The number of hydrogen-bond donors (Lipinski definition) is 2. The normalized spacial score (nSPS) is 18.0. The van der Waals surface area contributed by atoms with Crippen molar-refractivity contribution in [3.63, 3.8) is 0 Å². The first-order chi connectivity index (χ1) is 10.1. The van der Waals surface area contributed by atoms with E-state index in [1.165, 1.54) is 17.1 Å². The van der Waals surface area contributed by atoms with Gasteiger partial charge in [0.05, 0.1) is 0 Å². The highest BCUT2D eigenvalue weighted by atomic mass is 32.1.